The van der Waals surface area contributed by atoms with E-state index >= 15 is 0 Å². The van der Waals surface area contributed by atoms with E-state index in [4.69, 9.17) is 16.4 Å². The van der Waals surface area contributed by atoms with Gasteiger partial charge in [0.05, 0.1) is 5.60 Å². The molecule has 0 saturated carbocycles. The van der Waals surface area contributed by atoms with Gasteiger partial charge in [0.2, 0.25) is 0 Å². The number of hydrogen-bond acceptors (Lipinski definition) is 2. The smallest absolute Gasteiger partial charge is 0.306 e. The second-order valence-electron chi connectivity index (χ2n) is 4.28. The molecule has 1 rings (SSSR count). The SMILES string of the molecule is CC(C)(C)ONC(=O)Nc1cccc(Cl)c1. The predicted octanol–water partition coefficient (Wildman–Crippen LogP) is 3.19. The van der Waals surface area contributed by atoms with Gasteiger partial charge < -0.3 is 5.32 Å². The van der Waals surface area contributed by atoms with E-state index in [-0.39, 0.29) is 0 Å². The molecule has 0 aliphatic heterocycles. The number of hydrogen-bond donors (Lipinski definition) is 2. The lowest BCUT2D eigenvalue weighted by Gasteiger charge is -2.19. The number of amides is 2. The van der Waals surface area contributed by atoms with Crippen molar-refractivity contribution in [3.05, 3.63) is 29.3 Å². The molecule has 0 aliphatic rings. The van der Waals surface area contributed by atoms with Crippen LogP contribution in [0.5, 0.6) is 0 Å². The number of carbonyl (C=O) groups is 1. The summed E-state index contributed by atoms with van der Waals surface area (Å²) in [6.45, 7) is 5.52. The number of carbonyl (C=O) groups excluding carboxylic acids is 1. The van der Waals surface area contributed by atoms with E-state index in [0.717, 1.165) is 0 Å². The molecule has 0 aliphatic carbocycles. The zero-order valence-electron chi connectivity index (χ0n) is 9.50. The summed E-state index contributed by atoms with van der Waals surface area (Å²) in [5.74, 6) is 0. The molecular weight excluding hydrogens is 228 g/mol. The van der Waals surface area contributed by atoms with Crippen LogP contribution in [0.15, 0.2) is 24.3 Å². The minimum Gasteiger partial charge on any atom is -0.306 e. The van der Waals surface area contributed by atoms with Crippen molar-refractivity contribution in [2.45, 2.75) is 26.4 Å². The van der Waals surface area contributed by atoms with Gasteiger partial charge in [-0.15, -0.1) is 0 Å². The third kappa shape index (κ3) is 5.00. The maximum absolute atomic E-state index is 11.4. The molecule has 0 radical (unpaired) electrons. The van der Waals surface area contributed by atoms with Crippen LogP contribution in [-0.2, 0) is 4.84 Å². The summed E-state index contributed by atoms with van der Waals surface area (Å²) in [7, 11) is 0. The lowest BCUT2D eigenvalue weighted by Crippen LogP contribution is -2.36. The summed E-state index contributed by atoms with van der Waals surface area (Å²) >= 11 is 5.77. The van der Waals surface area contributed by atoms with Crippen molar-refractivity contribution < 1.29 is 9.63 Å². The van der Waals surface area contributed by atoms with Crippen molar-refractivity contribution in [2.75, 3.05) is 5.32 Å². The van der Waals surface area contributed by atoms with Crippen molar-refractivity contribution in [1.82, 2.24) is 5.48 Å². The Morgan fingerprint density at radius 3 is 2.62 bits per heavy atom. The van der Waals surface area contributed by atoms with Gasteiger partial charge in [0.25, 0.3) is 0 Å². The summed E-state index contributed by atoms with van der Waals surface area (Å²) < 4.78 is 0. The highest BCUT2D eigenvalue weighted by Gasteiger charge is 2.12. The van der Waals surface area contributed by atoms with Gasteiger partial charge in [-0.2, -0.15) is 0 Å². The van der Waals surface area contributed by atoms with Gasteiger partial charge in [-0.1, -0.05) is 17.7 Å². The van der Waals surface area contributed by atoms with Crippen LogP contribution in [0.2, 0.25) is 5.02 Å². The summed E-state index contributed by atoms with van der Waals surface area (Å²) in [6, 6.07) is 6.44. The molecule has 2 amide bonds. The van der Waals surface area contributed by atoms with Crippen molar-refractivity contribution in [1.29, 1.82) is 0 Å². The standard InChI is InChI=1S/C11H15ClN2O2/c1-11(2,3)16-14-10(15)13-9-6-4-5-8(12)7-9/h4-7H,1-3H3,(H2,13,14,15). The van der Waals surface area contributed by atoms with Crippen molar-refractivity contribution in [2.24, 2.45) is 0 Å². The first-order valence-electron chi connectivity index (χ1n) is 4.87. The number of rotatable bonds is 2. The molecule has 2 N–H and O–H groups in total. The van der Waals surface area contributed by atoms with E-state index in [0.29, 0.717) is 10.7 Å². The molecule has 0 bridgehead atoms. The van der Waals surface area contributed by atoms with Gasteiger partial charge in [0.15, 0.2) is 0 Å². The average Bonchev–Trinajstić information content (AvgIpc) is 2.14. The quantitative estimate of drug-likeness (QED) is 0.783. The third-order valence-electron chi connectivity index (χ3n) is 1.53. The molecule has 16 heavy (non-hydrogen) atoms. The van der Waals surface area contributed by atoms with Crippen molar-refractivity contribution >= 4 is 23.3 Å². The molecule has 1 aromatic rings. The van der Waals surface area contributed by atoms with Crippen LogP contribution >= 0.6 is 11.6 Å². The molecule has 0 heterocycles. The van der Waals surface area contributed by atoms with E-state index < -0.39 is 11.6 Å². The first-order chi connectivity index (χ1) is 7.37. The minimum absolute atomic E-state index is 0.425. The van der Waals surface area contributed by atoms with E-state index in [1.807, 2.05) is 20.8 Å². The number of anilines is 1. The van der Waals surface area contributed by atoms with Crippen molar-refractivity contribution in [3.8, 4) is 0 Å². The van der Waals surface area contributed by atoms with E-state index in [1.54, 1.807) is 24.3 Å². The zero-order chi connectivity index (χ0) is 12.2. The third-order valence-corrected chi connectivity index (χ3v) is 1.77. The van der Waals surface area contributed by atoms with Crippen molar-refractivity contribution in [3.63, 3.8) is 0 Å². The molecule has 1 aromatic carbocycles. The van der Waals surface area contributed by atoms with Gasteiger partial charge >= 0.3 is 6.03 Å². The molecule has 0 unspecified atom stereocenters. The van der Waals surface area contributed by atoms with Gasteiger partial charge in [0, 0.05) is 10.7 Å². The first kappa shape index (κ1) is 12.8. The Balaban J connectivity index is 2.46. The Labute approximate surface area is 99.9 Å². The Morgan fingerprint density at radius 2 is 2.06 bits per heavy atom. The topological polar surface area (TPSA) is 50.4 Å². The average molecular weight is 243 g/mol. The zero-order valence-corrected chi connectivity index (χ0v) is 10.3. The highest BCUT2D eigenvalue weighted by molar-refractivity contribution is 6.30. The molecule has 0 atom stereocenters. The highest BCUT2D eigenvalue weighted by atomic mass is 35.5. The molecular formula is C11H15ClN2O2. The fraction of sp³-hybridized carbons (Fsp3) is 0.364. The Hall–Kier alpha value is -1.26. The van der Waals surface area contributed by atoms with Gasteiger partial charge in [-0.25, -0.2) is 10.3 Å². The van der Waals surface area contributed by atoms with E-state index in [9.17, 15) is 4.79 Å². The molecule has 5 heteroatoms. The summed E-state index contributed by atoms with van der Waals surface area (Å²) in [5, 5.41) is 3.16. The summed E-state index contributed by atoms with van der Waals surface area (Å²) in [4.78, 5) is 16.5. The van der Waals surface area contributed by atoms with Crippen LogP contribution in [0, 0.1) is 0 Å². The van der Waals surface area contributed by atoms with Crippen LogP contribution < -0.4 is 10.8 Å². The van der Waals surface area contributed by atoms with Gasteiger partial charge in [-0.3, -0.25) is 4.84 Å². The van der Waals surface area contributed by atoms with Crippen LogP contribution in [0.3, 0.4) is 0 Å². The van der Waals surface area contributed by atoms with Crippen LogP contribution in [-0.4, -0.2) is 11.6 Å². The van der Waals surface area contributed by atoms with E-state index in [1.165, 1.54) is 0 Å². The second-order valence-corrected chi connectivity index (χ2v) is 4.72. The van der Waals surface area contributed by atoms with Crippen LogP contribution in [0.1, 0.15) is 20.8 Å². The molecule has 0 spiro atoms. The second kappa shape index (κ2) is 5.18. The lowest BCUT2D eigenvalue weighted by molar-refractivity contribution is -0.0505. The fourth-order valence-electron chi connectivity index (χ4n) is 0.922. The maximum Gasteiger partial charge on any atom is 0.343 e. The molecule has 4 nitrogen and oxygen atoms in total. The van der Waals surface area contributed by atoms with Gasteiger partial charge in [0.1, 0.15) is 0 Å². The summed E-state index contributed by atoms with van der Waals surface area (Å²) in [5.41, 5.74) is 2.49. The number of urea groups is 1. The Kier molecular flexibility index (Phi) is 4.15. The minimum atomic E-state index is -0.433. The van der Waals surface area contributed by atoms with Gasteiger partial charge in [-0.05, 0) is 39.0 Å². The first-order valence-corrected chi connectivity index (χ1v) is 5.25. The summed E-state index contributed by atoms with van der Waals surface area (Å²) in [6.07, 6.45) is 0. The highest BCUT2D eigenvalue weighted by Crippen LogP contribution is 2.14. The van der Waals surface area contributed by atoms with E-state index in [2.05, 4.69) is 10.8 Å². The molecule has 0 aromatic heterocycles. The molecule has 0 fully saturated rings. The number of benzene rings is 1. The fourth-order valence-corrected chi connectivity index (χ4v) is 1.11. The normalized spacial score (nSPS) is 11.0. The Bertz CT molecular complexity index is 374. The number of nitrogens with one attached hydrogen (secondary N) is 2. The molecule has 0 saturated heterocycles. The van der Waals surface area contributed by atoms with Crippen LogP contribution in [0.25, 0.3) is 0 Å². The lowest BCUT2D eigenvalue weighted by atomic mass is 10.2. The predicted molar refractivity (Wildman–Crippen MR) is 64.4 cm³/mol. The van der Waals surface area contributed by atoms with Crippen LogP contribution in [0.4, 0.5) is 10.5 Å². The largest absolute Gasteiger partial charge is 0.343 e. The maximum atomic E-state index is 11.4. The number of hydroxylamine groups is 1. The molecule has 88 valence electrons. The Morgan fingerprint density at radius 1 is 1.38 bits per heavy atom. The number of halogens is 1. The monoisotopic (exact) mass is 242 g/mol.